The molecule has 38 heavy (non-hydrogen) atoms. The molecule has 3 atom stereocenters. The number of ketones is 1. The predicted molar refractivity (Wildman–Crippen MR) is 141 cm³/mol. The first kappa shape index (κ1) is 25.5. The molecule has 4 aromatic rings. The summed E-state index contributed by atoms with van der Waals surface area (Å²) in [7, 11) is 0. The van der Waals surface area contributed by atoms with Gasteiger partial charge in [-0.05, 0) is 51.8 Å². The Kier molecular flexibility index (Phi) is 6.66. The number of likely N-dealkylation sites (tertiary alicyclic amines) is 1. The number of pyridine rings is 1. The Balaban J connectivity index is 1.57. The molecule has 1 aromatic carbocycles. The number of nitrogens with two attached hydrogens (primary N) is 1. The van der Waals surface area contributed by atoms with Crippen LogP contribution in [0, 0.1) is 5.82 Å². The number of nitrogen functional groups attached to an aromatic ring is 1. The lowest BCUT2D eigenvalue weighted by Gasteiger charge is -2.42. The number of nitrogens with zero attached hydrogens (tertiary/aromatic N) is 5. The standard InChI is InChI=1S/C28H29FN6O3/c1-15-10-19(11-16(2)34(15)24(38)14-36)26-25(17(3)37)27(30)35-28(33-26)21(13-32-35)18-8-9-23(31-12-18)20-6-4-5-7-22(20)29/h4-9,12-13,15-16,19,36H,10-11,14,30H2,1-3H3/t15-,16?,19-/m0/s1. The van der Waals surface area contributed by atoms with Gasteiger partial charge in [0.2, 0.25) is 5.91 Å². The van der Waals surface area contributed by atoms with Crippen molar-refractivity contribution in [2.75, 3.05) is 12.3 Å². The second-order valence-corrected chi connectivity index (χ2v) is 9.84. The fourth-order valence-electron chi connectivity index (χ4n) is 5.65. The molecule has 0 bridgehead atoms. The van der Waals surface area contributed by atoms with E-state index in [0.717, 1.165) is 5.56 Å². The number of hydrogen-bond acceptors (Lipinski definition) is 7. The highest BCUT2D eigenvalue weighted by Crippen LogP contribution is 2.38. The van der Waals surface area contributed by atoms with Crippen LogP contribution in [0.3, 0.4) is 0 Å². The zero-order chi connectivity index (χ0) is 27.1. The summed E-state index contributed by atoms with van der Waals surface area (Å²) in [4.78, 5) is 36.1. The Morgan fingerprint density at radius 2 is 1.79 bits per heavy atom. The highest BCUT2D eigenvalue weighted by atomic mass is 19.1. The number of halogens is 1. The van der Waals surface area contributed by atoms with Gasteiger partial charge in [0.05, 0.1) is 23.1 Å². The van der Waals surface area contributed by atoms with E-state index >= 15 is 0 Å². The predicted octanol–water partition coefficient (Wildman–Crippen LogP) is 3.86. The summed E-state index contributed by atoms with van der Waals surface area (Å²) in [6, 6.07) is 9.71. The smallest absolute Gasteiger partial charge is 0.248 e. The van der Waals surface area contributed by atoms with E-state index in [-0.39, 0.29) is 41.3 Å². The largest absolute Gasteiger partial charge is 0.387 e. The quantitative estimate of drug-likeness (QED) is 0.386. The molecule has 4 heterocycles. The van der Waals surface area contributed by atoms with Crippen molar-refractivity contribution in [1.82, 2.24) is 24.5 Å². The summed E-state index contributed by atoms with van der Waals surface area (Å²) in [5.41, 5.74) is 10.2. The van der Waals surface area contributed by atoms with Crippen LogP contribution in [0.1, 0.15) is 55.6 Å². The van der Waals surface area contributed by atoms with Gasteiger partial charge in [-0.15, -0.1) is 0 Å². The zero-order valence-electron chi connectivity index (χ0n) is 21.4. The fourth-order valence-corrected chi connectivity index (χ4v) is 5.65. The molecule has 3 aromatic heterocycles. The van der Waals surface area contributed by atoms with Crippen molar-refractivity contribution in [3.63, 3.8) is 0 Å². The maximum atomic E-state index is 14.2. The average molecular weight is 517 g/mol. The average Bonchev–Trinajstić information content (AvgIpc) is 3.32. The number of anilines is 1. The number of aliphatic hydroxyl groups is 1. The van der Waals surface area contributed by atoms with E-state index in [9.17, 15) is 19.1 Å². The van der Waals surface area contributed by atoms with E-state index in [0.29, 0.717) is 46.6 Å². The highest BCUT2D eigenvalue weighted by molar-refractivity contribution is 6.00. The lowest BCUT2D eigenvalue weighted by Crippen LogP contribution is -2.50. The molecule has 1 amide bonds. The van der Waals surface area contributed by atoms with Crippen LogP contribution in [0.25, 0.3) is 28.0 Å². The van der Waals surface area contributed by atoms with Gasteiger partial charge < -0.3 is 15.7 Å². The van der Waals surface area contributed by atoms with E-state index in [2.05, 4.69) is 10.1 Å². The van der Waals surface area contributed by atoms with Crippen LogP contribution in [0.4, 0.5) is 10.2 Å². The lowest BCUT2D eigenvalue weighted by molar-refractivity contribution is -0.140. The number of carbonyl (C=O) groups is 2. The topological polar surface area (TPSA) is 127 Å². The van der Waals surface area contributed by atoms with Gasteiger partial charge >= 0.3 is 0 Å². The van der Waals surface area contributed by atoms with Gasteiger partial charge in [-0.3, -0.25) is 14.6 Å². The molecule has 1 aliphatic heterocycles. The second kappa shape index (κ2) is 9.94. The Morgan fingerprint density at radius 1 is 1.08 bits per heavy atom. The molecular formula is C28H29FN6O3. The molecule has 10 heteroatoms. The highest BCUT2D eigenvalue weighted by Gasteiger charge is 2.37. The van der Waals surface area contributed by atoms with Gasteiger partial charge in [0, 0.05) is 40.9 Å². The molecule has 0 saturated carbocycles. The van der Waals surface area contributed by atoms with Crippen LogP contribution in [0.15, 0.2) is 48.8 Å². The molecule has 1 unspecified atom stereocenters. The van der Waals surface area contributed by atoms with E-state index in [1.807, 2.05) is 19.9 Å². The number of rotatable bonds is 5. The van der Waals surface area contributed by atoms with Gasteiger partial charge in [0.1, 0.15) is 18.2 Å². The molecule has 5 rings (SSSR count). The minimum Gasteiger partial charge on any atom is -0.387 e. The Morgan fingerprint density at radius 3 is 2.39 bits per heavy atom. The van der Waals surface area contributed by atoms with E-state index in [4.69, 9.17) is 10.7 Å². The molecule has 0 aliphatic carbocycles. The number of piperidine rings is 1. The number of hydrogen-bond donors (Lipinski definition) is 2. The van der Waals surface area contributed by atoms with Gasteiger partial charge in [-0.2, -0.15) is 9.61 Å². The normalized spacial score (nSPS) is 19.6. The first-order valence-corrected chi connectivity index (χ1v) is 12.5. The van der Waals surface area contributed by atoms with Crippen molar-refractivity contribution in [3.05, 3.63) is 65.9 Å². The third kappa shape index (κ3) is 4.30. The molecule has 1 aliphatic rings. The number of aliphatic hydroxyl groups excluding tert-OH is 1. The molecule has 9 nitrogen and oxygen atoms in total. The van der Waals surface area contributed by atoms with E-state index in [1.54, 1.807) is 41.6 Å². The molecule has 3 N–H and O–H groups in total. The van der Waals surface area contributed by atoms with Crippen molar-refractivity contribution in [2.45, 2.75) is 51.6 Å². The summed E-state index contributed by atoms with van der Waals surface area (Å²) in [6.07, 6.45) is 4.40. The van der Waals surface area contributed by atoms with Gasteiger partial charge in [-0.25, -0.2) is 9.37 Å². The maximum Gasteiger partial charge on any atom is 0.248 e. The fraction of sp³-hybridized carbons (Fsp3) is 0.321. The SMILES string of the molecule is CC(=O)c1c([C@@H]2CC(C)N(C(=O)CO)[C@@H](C)C2)nc2c(-c3ccc(-c4ccccc4F)nc3)cnn2c1N. The summed E-state index contributed by atoms with van der Waals surface area (Å²) in [5, 5.41) is 13.8. The third-order valence-corrected chi connectivity index (χ3v) is 7.30. The van der Waals surface area contributed by atoms with Crippen molar-refractivity contribution in [3.8, 4) is 22.4 Å². The molecule has 196 valence electrons. The van der Waals surface area contributed by atoms with Crippen molar-refractivity contribution >= 4 is 23.2 Å². The van der Waals surface area contributed by atoms with E-state index < -0.39 is 6.61 Å². The van der Waals surface area contributed by atoms with Crippen molar-refractivity contribution < 1.29 is 19.1 Å². The summed E-state index contributed by atoms with van der Waals surface area (Å²) >= 11 is 0. The Bertz CT molecular complexity index is 1520. The lowest BCUT2D eigenvalue weighted by atomic mass is 9.82. The minimum absolute atomic E-state index is 0.127. The van der Waals surface area contributed by atoms with Crippen LogP contribution in [0.2, 0.25) is 0 Å². The number of amides is 1. The first-order chi connectivity index (χ1) is 18.2. The van der Waals surface area contributed by atoms with Crippen LogP contribution in [-0.4, -0.2) is 60.0 Å². The number of carbonyl (C=O) groups excluding carboxylic acids is 2. The Labute approximate surface area is 219 Å². The summed E-state index contributed by atoms with van der Waals surface area (Å²) in [6.45, 7) is 4.77. The third-order valence-electron chi connectivity index (χ3n) is 7.30. The zero-order valence-corrected chi connectivity index (χ0v) is 21.4. The second-order valence-electron chi connectivity index (χ2n) is 9.84. The van der Waals surface area contributed by atoms with E-state index in [1.165, 1.54) is 17.5 Å². The van der Waals surface area contributed by atoms with Gasteiger partial charge in [0.25, 0.3) is 0 Å². The van der Waals surface area contributed by atoms with Crippen LogP contribution >= 0.6 is 0 Å². The number of benzene rings is 1. The first-order valence-electron chi connectivity index (χ1n) is 12.5. The van der Waals surface area contributed by atoms with Crippen LogP contribution in [0.5, 0.6) is 0 Å². The maximum absolute atomic E-state index is 14.2. The number of Topliss-reactive ketones (excluding diaryl/α,β-unsaturated/α-hetero) is 1. The van der Waals surface area contributed by atoms with Crippen LogP contribution in [-0.2, 0) is 4.79 Å². The minimum atomic E-state index is -0.544. The summed E-state index contributed by atoms with van der Waals surface area (Å²) in [5.74, 6) is -0.807. The molecule has 0 radical (unpaired) electrons. The van der Waals surface area contributed by atoms with Crippen molar-refractivity contribution in [2.24, 2.45) is 0 Å². The van der Waals surface area contributed by atoms with Crippen LogP contribution < -0.4 is 5.73 Å². The molecule has 1 saturated heterocycles. The summed E-state index contributed by atoms with van der Waals surface area (Å²) < 4.78 is 15.7. The molecule has 0 spiro atoms. The van der Waals surface area contributed by atoms with Gasteiger partial charge in [-0.1, -0.05) is 18.2 Å². The Hall–Kier alpha value is -4.18. The molecule has 1 fully saturated rings. The van der Waals surface area contributed by atoms with Gasteiger partial charge in [0.15, 0.2) is 11.4 Å². The number of fused-ring (bicyclic) bond motifs is 1. The number of aromatic nitrogens is 4. The van der Waals surface area contributed by atoms with Crippen molar-refractivity contribution in [1.29, 1.82) is 0 Å². The molecular weight excluding hydrogens is 487 g/mol. The monoisotopic (exact) mass is 516 g/mol.